The van der Waals surface area contributed by atoms with Crippen LogP contribution in [0.4, 0.5) is 5.82 Å². The molecule has 3 N–H and O–H groups in total. The van der Waals surface area contributed by atoms with Crippen LogP contribution in [0.3, 0.4) is 0 Å². The van der Waals surface area contributed by atoms with Gasteiger partial charge in [0.25, 0.3) is 5.56 Å². The number of H-pyrrole nitrogens is 1. The Morgan fingerprint density at radius 3 is 2.76 bits per heavy atom. The number of aromatic amines is 1. The third-order valence-corrected chi connectivity index (χ3v) is 3.53. The maximum Gasteiger partial charge on any atom is 0.330 e. The van der Waals surface area contributed by atoms with Crippen LogP contribution < -0.4 is 17.0 Å². The number of nitrogens with zero attached hydrogens (tertiary/aromatic N) is 1. The van der Waals surface area contributed by atoms with Gasteiger partial charge in [-0.15, -0.1) is 0 Å². The van der Waals surface area contributed by atoms with Crippen LogP contribution in [0.25, 0.3) is 0 Å². The zero-order valence-electron chi connectivity index (χ0n) is 9.39. The van der Waals surface area contributed by atoms with Crippen molar-refractivity contribution in [1.29, 1.82) is 0 Å². The van der Waals surface area contributed by atoms with Crippen LogP contribution in [-0.2, 0) is 4.74 Å². The lowest BCUT2D eigenvalue weighted by Crippen LogP contribution is -2.37. The Bertz CT molecular complexity index is 544. The van der Waals surface area contributed by atoms with Gasteiger partial charge in [-0.2, -0.15) is 0 Å². The quantitative estimate of drug-likeness (QED) is 0.749. The molecule has 3 rings (SSSR count). The van der Waals surface area contributed by atoms with E-state index in [0.717, 1.165) is 19.3 Å². The average Bonchev–Trinajstić information content (AvgIpc) is 2.98. The first-order valence-corrected chi connectivity index (χ1v) is 5.90. The fourth-order valence-corrected chi connectivity index (χ4v) is 2.62. The minimum absolute atomic E-state index is 0.0353. The Hall–Kier alpha value is -1.56. The fraction of sp³-hybridized carbons (Fsp3) is 0.636. The molecule has 0 radical (unpaired) electrons. The summed E-state index contributed by atoms with van der Waals surface area (Å²) < 4.78 is 7.15. The van der Waals surface area contributed by atoms with Gasteiger partial charge in [0.15, 0.2) is 0 Å². The second-order valence-corrected chi connectivity index (χ2v) is 4.76. The molecule has 2 aliphatic rings. The number of hydrogen-bond donors (Lipinski definition) is 2. The molecule has 0 amide bonds. The molecule has 2 atom stereocenters. The van der Waals surface area contributed by atoms with Crippen LogP contribution in [-0.4, -0.2) is 22.3 Å². The number of rotatable bonds is 2. The molecular weight excluding hydrogens is 222 g/mol. The maximum absolute atomic E-state index is 11.8. The van der Waals surface area contributed by atoms with E-state index in [1.54, 1.807) is 0 Å². The molecule has 2 heterocycles. The van der Waals surface area contributed by atoms with Crippen molar-refractivity contribution in [2.24, 2.45) is 5.92 Å². The number of ether oxygens (including phenoxy) is 1. The van der Waals surface area contributed by atoms with Crippen molar-refractivity contribution in [2.45, 2.75) is 31.4 Å². The summed E-state index contributed by atoms with van der Waals surface area (Å²) in [5.41, 5.74) is 4.88. The van der Waals surface area contributed by atoms with Gasteiger partial charge in [-0.05, 0) is 25.2 Å². The van der Waals surface area contributed by atoms with Crippen molar-refractivity contribution < 1.29 is 4.74 Å². The van der Waals surface area contributed by atoms with Crippen molar-refractivity contribution in [3.63, 3.8) is 0 Å². The normalized spacial score (nSPS) is 28.5. The van der Waals surface area contributed by atoms with Gasteiger partial charge >= 0.3 is 5.69 Å². The Labute approximate surface area is 97.4 Å². The van der Waals surface area contributed by atoms with Crippen molar-refractivity contribution >= 4 is 5.82 Å². The monoisotopic (exact) mass is 237 g/mol. The average molecular weight is 237 g/mol. The first kappa shape index (κ1) is 10.6. The van der Waals surface area contributed by atoms with E-state index in [9.17, 15) is 9.59 Å². The maximum atomic E-state index is 11.8. The molecule has 17 heavy (non-hydrogen) atoms. The van der Waals surface area contributed by atoms with Crippen molar-refractivity contribution in [3.05, 3.63) is 26.9 Å². The van der Waals surface area contributed by atoms with Gasteiger partial charge < -0.3 is 10.5 Å². The molecule has 6 nitrogen and oxygen atoms in total. The summed E-state index contributed by atoms with van der Waals surface area (Å²) in [6, 6.07) is 1.22. The van der Waals surface area contributed by atoms with E-state index in [1.165, 1.54) is 10.6 Å². The molecule has 0 bridgehead atoms. The molecule has 1 aliphatic carbocycles. The minimum Gasteiger partial charge on any atom is -0.385 e. The van der Waals surface area contributed by atoms with Gasteiger partial charge in [-0.3, -0.25) is 14.3 Å². The highest BCUT2D eigenvalue weighted by molar-refractivity contribution is 5.27. The topological polar surface area (TPSA) is 90.1 Å². The zero-order chi connectivity index (χ0) is 12.0. The highest BCUT2D eigenvalue weighted by Gasteiger charge is 2.42. The smallest absolute Gasteiger partial charge is 0.330 e. The number of nitrogens with one attached hydrogen (secondary N) is 1. The molecule has 6 heteroatoms. The van der Waals surface area contributed by atoms with E-state index in [-0.39, 0.29) is 18.0 Å². The van der Waals surface area contributed by atoms with Crippen LogP contribution in [0.2, 0.25) is 0 Å². The lowest BCUT2D eigenvalue weighted by Gasteiger charge is -2.21. The molecule has 1 aliphatic heterocycles. The molecule has 92 valence electrons. The molecule has 2 unspecified atom stereocenters. The van der Waals surface area contributed by atoms with Crippen LogP contribution in [0.1, 0.15) is 25.3 Å². The van der Waals surface area contributed by atoms with E-state index < -0.39 is 11.2 Å². The summed E-state index contributed by atoms with van der Waals surface area (Å²) in [5.74, 6) is 0.764. The Balaban J connectivity index is 2.03. The molecule has 0 aromatic carbocycles. The van der Waals surface area contributed by atoms with Crippen LogP contribution in [0.5, 0.6) is 0 Å². The highest BCUT2D eigenvalue weighted by atomic mass is 16.5. The summed E-state index contributed by atoms with van der Waals surface area (Å²) in [6.07, 6.45) is 3.15. The fourth-order valence-electron chi connectivity index (χ4n) is 2.62. The molecule has 1 aromatic heterocycles. The second kappa shape index (κ2) is 3.73. The first-order chi connectivity index (χ1) is 8.16. The number of nitrogen functional groups attached to an aromatic ring is 1. The molecule has 1 saturated carbocycles. The predicted octanol–water partition coefficient (Wildman–Crippen LogP) is -0.141. The lowest BCUT2D eigenvalue weighted by atomic mass is 10.1. The van der Waals surface area contributed by atoms with Gasteiger partial charge in [-0.25, -0.2) is 4.79 Å². The van der Waals surface area contributed by atoms with Crippen molar-refractivity contribution in [2.75, 3.05) is 12.3 Å². The summed E-state index contributed by atoms with van der Waals surface area (Å²) in [4.78, 5) is 25.2. The summed E-state index contributed by atoms with van der Waals surface area (Å²) in [7, 11) is 0. The van der Waals surface area contributed by atoms with Gasteiger partial charge in [-0.1, -0.05) is 0 Å². The molecule has 2 fully saturated rings. The van der Waals surface area contributed by atoms with Gasteiger partial charge in [0.2, 0.25) is 0 Å². The van der Waals surface area contributed by atoms with Gasteiger partial charge in [0.05, 0.1) is 12.1 Å². The van der Waals surface area contributed by atoms with Crippen molar-refractivity contribution in [3.8, 4) is 0 Å². The van der Waals surface area contributed by atoms with Gasteiger partial charge in [0, 0.05) is 12.7 Å². The summed E-state index contributed by atoms with van der Waals surface area (Å²) >= 11 is 0. The van der Waals surface area contributed by atoms with E-state index in [1.807, 2.05) is 0 Å². The molecule has 1 saturated heterocycles. The number of aromatic nitrogens is 2. The third kappa shape index (κ3) is 1.78. The van der Waals surface area contributed by atoms with Crippen molar-refractivity contribution in [1.82, 2.24) is 9.55 Å². The molecular formula is C11H15N3O3. The standard InChI is InChI=1S/C11H15N3O3/c12-8-5-9(15)13-11(16)14(8)7-3-4-17-10(7)6-1-2-6/h5-7,10H,1-4,12H2,(H,13,15,16). The Morgan fingerprint density at radius 1 is 1.35 bits per heavy atom. The lowest BCUT2D eigenvalue weighted by molar-refractivity contribution is 0.0745. The van der Waals surface area contributed by atoms with Crippen LogP contribution in [0.15, 0.2) is 15.7 Å². The molecule has 1 aromatic rings. The number of nitrogens with two attached hydrogens (primary N) is 1. The number of hydrogen-bond acceptors (Lipinski definition) is 4. The summed E-state index contributed by atoms with van der Waals surface area (Å²) in [5, 5.41) is 0. The first-order valence-electron chi connectivity index (χ1n) is 5.90. The molecule has 0 spiro atoms. The van der Waals surface area contributed by atoms with Crippen LogP contribution >= 0.6 is 0 Å². The SMILES string of the molecule is Nc1cc(=O)[nH]c(=O)n1C1CCOC1C1CC1. The predicted molar refractivity (Wildman–Crippen MR) is 61.9 cm³/mol. The van der Waals surface area contributed by atoms with E-state index in [2.05, 4.69) is 4.98 Å². The Kier molecular flexibility index (Phi) is 2.32. The van der Waals surface area contributed by atoms with E-state index in [4.69, 9.17) is 10.5 Å². The largest absolute Gasteiger partial charge is 0.385 e. The highest BCUT2D eigenvalue weighted by Crippen LogP contribution is 2.43. The summed E-state index contributed by atoms with van der Waals surface area (Å²) in [6.45, 7) is 0.650. The van der Waals surface area contributed by atoms with E-state index in [0.29, 0.717) is 12.5 Å². The van der Waals surface area contributed by atoms with Gasteiger partial charge in [0.1, 0.15) is 5.82 Å². The Morgan fingerprint density at radius 2 is 2.12 bits per heavy atom. The second-order valence-electron chi connectivity index (χ2n) is 4.76. The third-order valence-electron chi connectivity index (χ3n) is 3.53. The van der Waals surface area contributed by atoms with Crippen LogP contribution in [0, 0.1) is 5.92 Å². The van der Waals surface area contributed by atoms with E-state index >= 15 is 0 Å². The zero-order valence-corrected chi connectivity index (χ0v) is 9.39. The number of anilines is 1. The minimum atomic E-state index is -0.453.